The van der Waals surface area contributed by atoms with Crippen molar-refractivity contribution in [3.05, 3.63) is 48.8 Å². The van der Waals surface area contributed by atoms with Gasteiger partial charge in [-0.2, -0.15) is 0 Å². The summed E-state index contributed by atoms with van der Waals surface area (Å²) in [6.45, 7) is 2.10. The predicted molar refractivity (Wildman–Crippen MR) is 106 cm³/mol. The first-order chi connectivity index (χ1) is 12.7. The van der Waals surface area contributed by atoms with Crippen LogP contribution >= 0.6 is 12.6 Å². The maximum Gasteiger partial charge on any atom is 0.241 e. The fraction of sp³-hybridized carbons (Fsp3) is 0.300. The number of aromatic nitrogens is 3. The van der Waals surface area contributed by atoms with Crippen LogP contribution < -0.4 is 4.74 Å². The molecule has 134 valence electrons. The molecule has 0 radical (unpaired) electrons. The normalized spacial score (nSPS) is 15.9. The van der Waals surface area contributed by atoms with Crippen molar-refractivity contribution in [3.63, 3.8) is 0 Å². The number of benzene rings is 1. The molecular formula is C20H22N4OS. The van der Waals surface area contributed by atoms with Crippen molar-refractivity contribution in [1.82, 2.24) is 20.1 Å². The van der Waals surface area contributed by atoms with E-state index in [1.807, 2.05) is 36.4 Å². The Balaban J connectivity index is 1.71. The third-order valence-corrected chi connectivity index (χ3v) is 5.10. The first kappa shape index (κ1) is 17.1. The zero-order valence-electron chi connectivity index (χ0n) is 14.7. The topological polar surface area (TPSA) is 54.0 Å². The molecular weight excluding hydrogens is 344 g/mol. The second kappa shape index (κ2) is 7.51. The predicted octanol–water partition coefficient (Wildman–Crippen LogP) is 3.90. The van der Waals surface area contributed by atoms with Crippen LogP contribution in [0.25, 0.3) is 22.4 Å². The van der Waals surface area contributed by atoms with Gasteiger partial charge in [0, 0.05) is 35.9 Å². The maximum absolute atomic E-state index is 6.31. The Morgan fingerprint density at radius 3 is 2.42 bits per heavy atom. The number of pyridine rings is 1. The van der Waals surface area contributed by atoms with E-state index in [1.165, 1.54) is 0 Å². The lowest BCUT2D eigenvalue weighted by atomic mass is 10.0. The Bertz CT molecular complexity index is 855. The molecule has 0 unspecified atom stereocenters. The van der Waals surface area contributed by atoms with Gasteiger partial charge in [0.15, 0.2) is 0 Å². The molecule has 1 aromatic carbocycles. The van der Waals surface area contributed by atoms with Crippen LogP contribution in [-0.4, -0.2) is 46.3 Å². The molecule has 0 spiro atoms. The van der Waals surface area contributed by atoms with Gasteiger partial charge in [-0.3, -0.25) is 10.1 Å². The van der Waals surface area contributed by atoms with Gasteiger partial charge in [0.2, 0.25) is 5.88 Å². The lowest BCUT2D eigenvalue weighted by Gasteiger charge is -2.28. The van der Waals surface area contributed by atoms with Gasteiger partial charge in [0.1, 0.15) is 6.10 Å². The smallest absolute Gasteiger partial charge is 0.241 e. The molecule has 3 heterocycles. The van der Waals surface area contributed by atoms with Crippen LogP contribution in [0.4, 0.5) is 0 Å². The zero-order valence-corrected chi connectivity index (χ0v) is 15.6. The summed E-state index contributed by atoms with van der Waals surface area (Å²) in [4.78, 5) is 7.40. The number of nitrogens with one attached hydrogen (secondary N) is 1. The average Bonchev–Trinajstić information content (AvgIpc) is 3.08. The number of piperidine rings is 1. The van der Waals surface area contributed by atoms with E-state index in [0.29, 0.717) is 5.88 Å². The Kier molecular flexibility index (Phi) is 4.95. The first-order valence-electron chi connectivity index (χ1n) is 8.84. The Hall–Kier alpha value is -2.31. The van der Waals surface area contributed by atoms with Crippen molar-refractivity contribution in [1.29, 1.82) is 0 Å². The van der Waals surface area contributed by atoms with E-state index in [-0.39, 0.29) is 6.10 Å². The van der Waals surface area contributed by atoms with Gasteiger partial charge in [-0.15, -0.1) is 17.7 Å². The molecule has 0 saturated carbocycles. The third-order valence-electron chi connectivity index (χ3n) is 4.80. The summed E-state index contributed by atoms with van der Waals surface area (Å²) in [5.41, 5.74) is 4.03. The number of H-pyrrole nitrogens is 1. The Morgan fingerprint density at radius 1 is 1.04 bits per heavy atom. The van der Waals surface area contributed by atoms with Gasteiger partial charge >= 0.3 is 0 Å². The summed E-state index contributed by atoms with van der Waals surface area (Å²) >= 11 is 4.38. The zero-order chi connectivity index (χ0) is 17.9. The van der Waals surface area contributed by atoms with Crippen LogP contribution in [0.1, 0.15) is 12.8 Å². The highest BCUT2D eigenvalue weighted by atomic mass is 32.1. The molecule has 1 fully saturated rings. The van der Waals surface area contributed by atoms with Crippen LogP contribution in [0, 0.1) is 0 Å². The maximum atomic E-state index is 6.31. The number of thiol groups is 1. The second-order valence-corrected chi connectivity index (χ2v) is 7.20. The van der Waals surface area contributed by atoms with Crippen LogP contribution in [0.5, 0.6) is 5.88 Å². The number of hydrogen-bond acceptors (Lipinski definition) is 5. The molecule has 6 heteroatoms. The summed E-state index contributed by atoms with van der Waals surface area (Å²) in [7, 11) is 2.15. The van der Waals surface area contributed by atoms with Gasteiger partial charge in [0.25, 0.3) is 0 Å². The molecule has 1 N–H and O–H groups in total. The quantitative estimate of drug-likeness (QED) is 0.688. The molecule has 3 aromatic rings. The van der Waals surface area contributed by atoms with Crippen LogP contribution in [0.2, 0.25) is 0 Å². The number of rotatable bonds is 4. The van der Waals surface area contributed by atoms with Crippen molar-refractivity contribution in [3.8, 4) is 28.3 Å². The van der Waals surface area contributed by atoms with E-state index < -0.39 is 0 Å². The highest BCUT2D eigenvalue weighted by Crippen LogP contribution is 2.38. The molecule has 5 nitrogen and oxygen atoms in total. The van der Waals surface area contributed by atoms with E-state index in [0.717, 1.165) is 53.2 Å². The second-order valence-electron chi connectivity index (χ2n) is 6.68. The number of nitrogens with zero attached hydrogens (tertiary/aromatic N) is 3. The fourth-order valence-electron chi connectivity index (χ4n) is 3.29. The van der Waals surface area contributed by atoms with Crippen molar-refractivity contribution >= 4 is 12.6 Å². The molecule has 0 bridgehead atoms. The van der Waals surface area contributed by atoms with Crippen molar-refractivity contribution in [2.24, 2.45) is 0 Å². The third kappa shape index (κ3) is 3.61. The highest BCUT2D eigenvalue weighted by Gasteiger charge is 2.23. The molecule has 1 aliphatic rings. The molecule has 26 heavy (non-hydrogen) atoms. The SMILES string of the molecule is CN1CCC(Oc2n[nH]c(-c3ccc(S)cc3)c2-c2ccncc2)CC1. The van der Waals surface area contributed by atoms with Crippen LogP contribution in [0.15, 0.2) is 53.7 Å². The summed E-state index contributed by atoms with van der Waals surface area (Å²) in [5, 5.41) is 7.68. The van der Waals surface area contributed by atoms with Gasteiger partial charge in [-0.1, -0.05) is 12.1 Å². The molecule has 0 aliphatic carbocycles. The highest BCUT2D eigenvalue weighted by molar-refractivity contribution is 7.80. The fourth-order valence-corrected chi connectivity index (χ4v) is 3.44. The van der Waals surface area contributed by atoms with E-state index in [2.05, 4.69) is 39.8 Å². The molecule has 2 aromatic heterocycles. The molecule has 1 saturated heterocycles. The average molecular weight is 366 g/mol. The number of aromatic amines is 1. The number of likely N-dealkylation sites (tertiary alicyclic amines) is 1. The van der Waals surface area contributed by atoms with Crippen LogP contribution in [0.3, 0.4) is 0 Å². The van der Waals surface area contributed by atoms with Gasteiger partial charge in [-0.25, -0.2) is 0 Å². The van der Waals surface area contributed by atoms with Gasteiger partial charge in [-0.05, 0) is 49.7 Å². The van der Waals surface area contributed by atoms with Crippen molar-refractivity contribution in [2.45, 2.75) is 23.8 Å². The number of hydrogen-bond donors (Lipinski definition) is 2. The largest absolute Gasteiger partial charge is 0.473 e. The minimum absolute atomic E-state index is 0.197. The molecule has 4 rings (SSSR count). The van der Waals surface area contributed by atoms with Crippen molar-refractivity contribution in [2.75, 3.05) is 20.1 Å². The first-order valence-corrected chi connectivity index (χ1v) is 9.29. The molecule has 0 amide bonds. The minimum Gasteiger partial charge on any atom is -0.473 e. The van der Waals surface area contributed by atoms with E-state index in [4.69, 9.17) is 4.74 Å². The summed E-state index contributed by atoms with van der Waals surface area (Å²) < 4.78 is 6.31. The lowest BCUT2D eigenvalue weighted by Crippen LogP contribution is -2.35. The monoisotopic (exact) mass is 366 g/mol. The van der Waals surface area contributed by atoms with E-state index >= 15 is 0 Å². The van der Waals surface area contributed by atoms with Crippen molar-refractivity contribution < 1.29 is 4.74 Å². The Morgan fingerprint density at radius 2 is 1.73 bits per heavy atom. The summed E-state index contributed by atoms with van der Waals surface area (Å²) in [6.07, 6.45) is 5.82. The van der Waals surface area contributed by atoms with E-state index in [9.17, 15) is 0 Å². The van der Waals surface area contributed by atoms with E-state index in [1.54, 1.807) is 12.4 Å². The van der Waals surface area contributed by atoms with Crippen LogP contribution in [-0.2, 0) is 0 Å². The molecule has 1 aliphatic heterocycles. The molecule has 0 atom stereocenters. The minimum atomic E-state index is 0.197. The summed E-state index contributed by atoms with van der Waals surface area (Å²) in [5.74, 6) is 0.663. The summed E-state index contributed by atoms with van der Waals surface area (Å²) in [6, 6.07) is 12.0. The lowest BCUT2D eigenvalue weighted by molar-refractivity contribution is 0.110. The van der Waals surface area contributed by atoms with Gasteiger partial charge < -0.3 is 9.64 Å². The standard InChI is InChI=1S/C20H22N4OS/c1-24-12-8-16(9-13-24)25-20-18(14-6-10-21-11-7-14)19(22-23-20)15-2-4-17(26)5-3-15/h2-7,10-11,16,26H,8-9,12-13H2,1H3,(H,22,23). The van der Waals surface area contributed by atoms with Gasteiger partial charge in [0.05, 0.1) is 11.3 Å². The Labute approximate surface area is 158 Å². The number of ether oxygens (including phenoxy) is 1.